The lowest BCUT2D eigenvalue weighted by Crippen LogP contribution is -2.16. The highest BCUT2D eigenvalue weighted by Gasteiger charge is 2.36. The van der Waals surface area contributed by atoms with Crippen molar-refractivity contribution in [3.63, 3.8) is 0 Å². The normalized spacial score (nSPS) is 13.5. The Labute approximate surface area is 184 Å². The first kappa shape index (κ1) is 19.4. The Morgan fingerprint density at radius 3 is 1.94 bits per heavy atom. The van der Waals surface area contributed by atoms with Crippen molar-refractivity contribution >= 4 is 17.1 Å². The Kier molecular flexibility index (Phi) is 4.40. The molecular formula is C29H27NO. The van der Waals surface area contributed by atoms with E-state index in [9.17, 15) is 5.11 Å². The van der Waals surface area contributed by atoms with Crippen molar-refractivity contribution in [3.05, 3.63) is 107 Å². The fraction of sp³-hybridized carbons (Fsp3) is 0.172. The Balaban J connectivity index is 1.70. The highest BCUT2D eigenvalue weighted by Crippen LogP contribution is 2.51. The Morgan fingerprint density at radius 1 is 0.613 bits per heavy atom. The number of benzene rings is 4. The Hall–Kier alpha value is -3.52. The molecule has 0 amide bonds. The van der Waals surface area contributed by atoms with E-state index in [1.807, 2.05) is 12.1 Å². The lowest BCUT2D eigenvalue weighted by molar-refractivity contribution is 0.473. The van der Waals surface area contributed by atoms with Crippen molar-refractivity contribution in [3.8, 4) is 16.9 Å². The van der Waals surface area contributed by atoms with Crippen LogP contribution >= 0.6 is 0 Å². The van der Waals surface area contributed by atoms with Gasteiger partial charge in [0.25, 0.3) is 0 Å². The van der Waals surface area contributed by atoms with Crippen LogP contribution in [0.1, 0.15) is 36.1 Å². The molecule has 0 heterocycles. The van der Waals surface area contributed by atoms with Gasteiger partial charge in [0.1, 0.15) is 5.75 Å². The summed E-state index contributed by atoms with van der Waals surface area (Å²) in [6, 6.07) is 29.8. The molecule has 4 aromatic carbocycles. The molecule has 1 aliphatic carbocycles. The fourth-order valence-corrected chi connectivity index (χ4v) is 4.76. The van der Waals surface area contributed by atoms with Crippen molar-refractivity contribution in [1.82, 2.24) is 0 Å². The third kappa shape index (κ3) is 3.19. The minimum atomic E-state index is -0.176. The van der Waals surface area contributed by atoms with Gasteiger partial charge in [0.15, 0.2) is 0 Å². The molecule has 1 aliphatic rings. The molecule has 0 spiro atoms. The SMILES string of the molecule is Cc1ccc(N(c2cccc(C)c2)c2ccc3c(c2)C(C)(C)c2cc(O)ccc2-3)cc1. The zero-order valence-corrected chi connectivity index (χ0v) is 18.5. The molecule has 4 aromatic rings. The van der Waals surface area contributed by atoms with E-state index in [1.54, 1.807) is 6.07 Å². The minimum Gasteiger partial charge on any atom is -0.508 e. The average molecular weight is 406 g/mol. The number of anilines is 3. The monoisotopic (exact) mass is 405 g/mol. The predicted octanol–water partition coefficient (Wildman–Crippen LogP) is 7.79. The van der Waals surface area contributed by atoms with E-state index in [2.05, 4.69) is 99.3 Å². The summed E-state index contributed by atoms with van der Waals surface area (Å²) in [5.41, 5.74) is 10.7. The summed E-state index contributed by atoms with van der Waals surface area (Å²) in [4.78, 5) is 2.32. The number of phenols is 1. The lowest BCUT2D eigenvalue weighted by atomic mass is 9.82. The minimum absolute atomic E-state index is 0.176. The van der Waals surface area contributed by atoms with Gasteiger partial charge >= 0.3 is 0 Å². The maximum Gasteiger partial charge on any atom is 0.115 e. The molecule has 0 saturated carbocycles. The standard InChI is InChI=1S/C29H27NO/c1-19-8-10-21(11-9-19)30(22-7-5-6-20(2)16-22)23-12-14-25-26-15-13-24(31)18-28(26)29(3,4)27(25)17-23/h5-18,31H,1-4H3. The van der Waals surface area contributed by atoms with Crippen LogP contribution in [0.5, 0.6) is 5.75 Å². The van der Waals surface area contributed by atoms with Gasteiger partial charge < -0.3 is 10.0 Å². The molecule has 0 unspecified atom stereocenters. The third-order valence-electron chi connectivity index (χ3n) is 6.45. The van der Waals surface area contributed by atoms with Crippen LogP contribution in [0.25, 0.3) is 11.1 Å². The van der Waals surface area contributed by atoms with Gasteiger partial charge in [-0.3, -0.25) is 0 Å². The van der Waals surface area contributed by atoms with E-state index >= 15 is 0 Å². The molecule has 154 valence electrons. The molecule has 0 saturated heterocycles. The van der Waals surface area contributed by atoms with E-state index in [0.717, 1.165) is 17.1 Å². The van der Waals surface area contributed by atoms with E-state index < -0.39 is 0 Å². The maximum atomic E-state index is 10.1. The second kappa shape index (κ2) is 7.02. The van der Waals surface area contributed by atoms with Crippen LogP contribution in [0.3, 0.4) is 0 Å². The highest BCUT2D eigenvalue weighted by molar-refractivity contribution is 5.85. The molecule has 2 heteroatoms. The summed E-state index contributed by atoms with van der Waals surface area (Å²) in [5.74, 6) is 0.320. The van der Waals surface area contributed by atoms with Crippen LogP contribution in [-0.4, -0.2) is 5.11 Å². The zero-order valence-electron chi connectivity index (χ0n) is 18.5. The molecule has 5 rings (SSSR count). The van der Waals surface area contributed by atoms with Crippen LogP contribution in [0.2, 0.25) is 0 Å². The van der Waals surface area contributed by atoms with E-state index in [1.165, 1.54) is 33.4 Å². The number of hydrogen-bond donors (Lipinski definition) is 1. The number of nitrogens with zero attached hydrogens (tertiary/aromatic N) is 1. The van der Waals surface area contributed by atoms with Gasteiger partial charge in [-0.1, -0.05) is 55.8 Å². The summed E-state index contributed by atoms with van der Waals surface area (Å²) >= 11 is 0. The van der Waals surface area contributed by atoms with Crippen LogP contribution in [0.15, 0.2) is 84.9 Å². The number of phenolic OH excluding ortho intramolecular Hbond substituents is 1. The summed E-state index contributed by atoms with van der Waals surface area (Å²) < 4.78 is 0. The smallest absolute Gasteiger partial charge is 0.115 e. The van der Waals surface area contributed by atoms with Crippen LogP contribution in [0.4, 0.5) is 17.1 Å². The van der Waals surface area contributed by atoms with Crippen molar-refractivity contribution < 1.29 is 5.11 Å². The molecular weight excluding hydrogens is 378 g/mol. The number of rotatable bonds is 3. The molecule has 2 nitrogen and oxygen atoms in total. The fourth-order valence-electron chi connectivity index (χ4n) is 4.76. The van der Waals surface area contributed by atoms with Gasteiger partial charge in [0.05, 0.1) is 0 Å². The number of aromatic hydroxyl groups is 1. The van der Waals surface area contributed by atoms with Crippen LogP contribution in [0, 0.1) is 13.8 Å². The highest BCUT2D eigenvalue weighted by atomic mass is 16.3. The van der Waals surface area contributed by atoms with Gasteiger partial charge in [0, 0.05) is 22.5 Å². The quantitative estimate of drug-likeness (QED) is 0.376. The lowest BCUT2D eigenvalue weighted by Gasteiger charge is -2.28. The molecule has 0 atom stereocenters. The second-order valence-electron chi connectivity index (χ2n) is 9.09. The van der Waals surface area contributed by atoms with Gasteiger partial charge in [-0.2, -0.15) is 0 Å². The van der Waals surface area contributed by atoms with Gasteiger partial charge in [-0.25, -0.2) is 0 Å². The molecule has 0 bridgehead atoms. The summed E-state index contributed by atoms with van der Waals surface area (Å²) in [5, 5.41) is 10.1. The first-order valence-corrected chi connectivity index (χ1v) is 10.8. The van der Waals surface area contributed by atoms with Gasteiger partial charge in [-0.15, -0.1) is 0 Å². The van der Waals surface area contributed by atoms with E-state index in [-0.39, 0.29) is 5.41 Å². The average Bonchev–Trinajstić information content (AvgIpc) is 2.96. The molecule has 0 radical (unpaired) electrons. The first-order valence-electron chi connectivity index (χ1n) is 10.8. The Bertz CT molecular complexity index is 1280. The van der Waals surface area contributed by atoms with Crippen molar-refractivity contribution in [2.75, 3.05) is 4.90 Å². The first-order chi connectivity index (χ1) is 14.8. The maximum absolute atomic E-state index is 10.1. The molecule has 0 fully saturated rings. The van der Waals surface area contributed by atoms with Crippen LogP contribution in [-0.2, 0) is 5.41 Å². The molecule has 0 aliphatic heterocycles. The van der Waals surface area contributed by atoms with Crippen molar-refractivity contribution in [2.45, 2.75) is 33.1 Å². The van der Waals surface area contributed by atoms with Gasteiger partial charge in [0.2, 0.25) is 0 Å². The van der Waals surface area contributed by atoms with Crippen molar-refractivity contribution in [1.29, 1.82) is 0 Å². The summed E-state index contributed by atoms with van der Waals surface area (Å²) in [6.45, 7) is 8.73. The molecule has 0 aromatic heterocycles. The Morgan fingerprint density at radius 2 is 1.23 bits per heavy atom. The summed E-state index contributed by atoms with van der Waals surface area (Å²) in [7, 11) is 0. The van der Waals surface area contributed by atoms with Gasteiger partial charge in [-0.05, 0) is 90.2 Å². The van der Waals surface area contributed by atoms with E-state index in [0.29, 0.717) is 5.75 Å². The number of aryl methyl sites for hydroxylation is 2. The zero-order chi connectivity index (χ0) is 21.8. The second-order valence-corrected chi connectivity index (χ2v) is 9.09. The predicted molar refractivity (Wildman–Crippen MR) is 130 cm³/mol. The number of hydrogen-bond acceptors (Lipinski definition) is 2. The summed E-state index contributed by atoms with van der Waals surface area (Å²) in [6.07, 6.45) is 0. The van der Waals surface area contributed by atoms with E-state index in [4.69, 9.17) is 0 Å². The molecule has 31 heavy (non-hydrogen) atoms. The number of fused-ring (bicyclic) bond motifs is 3. The van der Waals surface area contributed by atoms with Crippen molar-refractivity contribution in [2.24, 2.45) is 0 Å². The molecule has 1 N–H and O–H groups in total. The van der Waals surface area contributed by atoms with Crippen LogP contribution < -0.4 is 4.90 Å². The largest absolute Gasteiger partial charge is 0.508 e. The topological polar surface area (TPSA) is 23.5 Å². The third-order valence-corrected chi connectivity index (χ3v) is 6.45.